The van der Waals surface area contributed by atoms with Crippen LogP contribution in [-0.2, 0) is 38.8 Å². The van der Waals surface area contributed by atoms with Crippen molar-refractivity contribution in [3.63, 3.8) is 0 Å². The lowest BCUT2D eigenvalue weighted by molar-refractivity contribution is -0.210. The van der Waals surface area contributed by atoms with Crippen molar-refractivity contribution in [2.45, 2.75) is 50.7 Å². The highest BCUT2D eigenvalue weighted by Crippen LogP contribution is 2.27. The molecule has 0 bridgehead atoms. The smallest absolute Gasteiger partial charge is 0.121 e. The maximum atomic E-state index is 6.38. The summed E-state index contributed by atoms with van der Waals surface area (Å²) in [6.45, 7) is 1.83. The minimum Gasteiger partial charge on any atom is -0.374 e. The van der Waals surface area contributed by atoms with Crippen LogP contribution in [0.1, 0.15) is 23.1 Å². The van der Waals surface area contributed by atoms with E-state index in [9.17, 15) is 0 Å². The highest BCUT2D eigenvalue weighted by Gasteiger charge is 2.40. The second kappa shape index (κ2) is 12.3. The standard InChI is InChI=1S/C29H30O4/c1-2-26-18-27(31-20-24-14-8-4-9-15-24)29(32-21-25-16-10-5-11-17-25)28(33-26)22-30-19-23-12-6-3-7-13-23/h1,3-17,26-29H,18-22H2/t26-,27-,28-,29-/m1/s1. The van der Waals surface area contributed by atoms with Gasteiger partial charge in [0.15, 0.2) is 0 Å². The van der Waals surface area contributed by atoms with Gasteiger partial charge in [-0.25, -0.2) is 0 Å². The van der Waals surface area contributed by atoms with Gasteiger partial charge in [0.25, 0.3) is 0 Å². The lowest BCUT2D eigenvalue weighted by atomic mass is 9.97. The van der Waals surface area contributed by atoms with Crippen LogP contribution in [0.4, 0.5) is 0 Å². The molecular weight excluding hydrogens is 412 g/mol. The molecule has 0 saturated carbocycles. The zero-order valence-electron chi connectivity index (χ0n) is 18.7. The van der Waals surface area contributed by atoms with Crippen LogP contribution in [0.2, 0.25) is 0 Å². The predicted molar refractivity (Wildman–Crippen MR) is 128 cm³/mol. The summed E-state index contributed by atoms with van der Waals surface area (Å²) in [5.41, 5.74) is 3.32. The first kappa shape index (κ1) is 23.2. The Morgan fingerprint density at radius 1 is 0.727 bits per heavy atom. The minimum atomic E-state index is -0.340. The van der Waals surface area contributed by atoms with Crippen molar-refractivity contribution in [1.29, 1.82) is 0 Å². The molecule has 4 rings (SSSR count). The maximum Gasteiger partial charge on any atom is 0.121 e. The molecule has 0 amide bonds. The van der Waals surface area contributed by atoms with Gasteiger partial charge in [-0.1, -0.05) is 96.9 Å². The van der Waals surface area contributed by atoms with Crippen molar-refractivity contribution in [1.82, 2.24) is 0 Å². The van der Waals surface area contributed by atoms with E-state index < -0.39 is 0 Å². The van der Waals surface area contributed by atoms with Gasteiger partial charge in [0.05, 0.1) is 32.5 Å². The van der Waals surface area contributed by atoms with Crippen molar-refractivity contribution < 1.29 is 18.9 Å². The van der Waals surface area contributed by atoms with Crippen LogP contribution in [0.3, 0.4) is 0 Å². The number of rotatable bonds is 10. The Bertz CT molecular complexity index is 984. The molecule has 4 heteroatoms. The molecule has 33 heavy (non-hydrogen) atoms. The molecule has 3 aromatic carbocycles. The molecule has 0 aromatic heterocycles. The molecule has 4 nitrogen and oxygen atoms in total. The minimum absolute atomic E-state index is 0.200. The average Bonchev–Trinajstić information content (AvgIpc) is 2.88. The van der Waals surface area contributed by atoms with E-state index >= 15 is 0 Å². The number of hydrogen-bond donors (Lipinski definition) is 0. The van der Waals surface area contributed by atoms with Gasteiger partial charge >= 0.3 is 0 Å². The Morgan fingerprint density at radius 2 is 1.24 bits per heavy atom. The first-order valence-electron chi connectivity index (χ1n) is 11.4. The fraction of sp³-hybridized carbons (Fsp3) is 0.310. The normalized spacial score (nSPS) is 22.5. The summed E-state index contributed by atoms with van der Waals surface area (Å²) < 4.78 is 24.9. The molecule has 3 aromatic rings. The summed E-state index contributed by atoms with van der Waals surface area (Å²) in [4.78, 5) is 0. The lowest BCUT2D eigenvalue weighted by Gasteiger charge is -2.40. The third-order valence-electron chi connectivity index (χ3n) is 5.69. The SMILES string of the molecule is C#C[C@@H]1C[C@@H](OCc2ccccc2)[C@@H](OCc2ccccc2)[C@@H](COCc2ccccc2)O1. The van der Waals surface area contributed by atoms with Crippen molar-refractivity contribution in [2.75, 3.05) is 6.61 Å². The van der Waals surface area contributed by atoms with Crippen molar-refractivity contribution in [2.24, 2.45) is 0 Å². The molecule has 1 heterocycles. The molecule has 4 atom stereocenters. The molecule has 0 aliphatic carbocycles. The van der Waals surface area contributed by atoms with Crippen LogP contribution in [-0.4, -0.2) is 31.0 Å². The summed E-state index contributed by atoms with van der Waals surface area (Å²) in [5, 5.41) is 0. The quantitative estimate of drug-likeness (QED) is 0.406. The Balaban J connectivity index is 1.45. The van der Waals surface area contributed by atoms with E-state index in [2.05, 4.69) is 30.2 Å². The zero-order chi connectivity index (χ0) is 22.7. The summed E-state index contributed by atoms with van der Waals surface area (Å²) in [6.07, 6.45) is 5.17. The number of benzene rings is 3. The van der Waals surface area contributed by atoms with Crippen molar-refractivity contribution in [3.05, 3.63) is 108 Å². The second-order valence-electron chi connectivity index (χ2n) is 8.16. The first-order chi connectivity index (χ1) is 16.3. The summed E-state index contributed by atoms with van der Waals surface area (Å²) in [6, 6.07) is 30.3. The van der Waals surface area contributed by atoms with Gasteiger partial charge in [0.2, 0.25) is 0 Å². The van der Waals surface area contributed by atoms with Gasteiger partial charge in [-0.15, -0.1) is 6.42 Å². The van der Waals surface area contributed by atoms with Gasteiger partial charge in [-0.3, -0.25) is 0 Å². The van der Waals surface area contributed by atoms with E-state index in [0.717, 1.165) is 16.7 Å². The zero-order valence-corrected chi connectivity index (χ0v) is 18.7. The van der Waals surface area contributed by atoms with Gasteiger partial charge < -0.3 is 18.9 Å². The largest absolute Gasteiger partial charge is 0.374 e. The number of hydrogen-bond acceptors (Lipinski definition) is 4. The fourth-order valence-corrected chi connectivity index (χ4v) is 3.96. The fourth-order valence-electron chi connectivity index (χ4n) is 3.96. The Hall–Kier alpha value is -2.94. The van der Waals surface area contributed by atoms with Crippen LogP contribution in [0.25, 0.3) is 0 Å². The van der Waals surface area contributed by atoms with Crippen LogP contribution < -0.4 is 0 Å². The lowest BCUT2D eigenvalue weighted by Crippen LogP contribution is -2.52. The van der Waals surface area contributed by atoms with Gasteiger partial charge in [0, 0.05) is 6.42 Å². The molecule has 0 radical (unpaired) electrons. The maximum absolute atomic E-state index is 6.38. The summed E-state index contributed by atoms with van der Waals surface area (Å²) >= 11 is 0. The van der Waals surface area contributed by atoms with Crippen LogP contribution in [0.15, 0.2) is 91.0 Å². The molecule has 1 aliphatic rings. The molecule has 0 N–H and O–H groups in total. The second-order valence-corrected chi connectivity index (χ2v) is 8.16. The molecule has 0 unspecified atom stereocenters. The van der Waals surface area contributed by atoms with Gasteiger partial charge in [0.1, 0.15) is 18.3 Å². The molecule has 170 valence electrons. The Labute approximate surface area is 196 Å². The molecule has 0 spiro atoms. The predicted octanol–water partition coefficient (Wildman–Crippen LogP) is 5.16. The van der Waals surface area contributed by atoms with Crippen molar-refractivity contribution >= 4 is 0 Å². The topological polar surface area (TPSA) is 36.9 Å². The molecule has 1 aliphatic heterocycles. The highest BCUT2D eigenvalue weighted by atomic mass is 16.6. The monoisotopic (exact) mass is 442 g/mol. The number of ether oxygens (including phenoxy) is 4. The van der Waals surface area contributed by atoms with Gasteiger partial charge in [-0.2, -0.15) is 0 Å². The first-order valence-corrected chi connectivity index (χ1v) is 11.4. The van der Waals surface area contributed by atoms with Gasteiger partial charge in [-0.05, 0) is 16.7 Å². The Morgan fingerprint density at radius 3 is 1.79 bits per heavy atom. The molecule has 1 fully saturated rings. The van der Waals surface area contributed by atoms with E-state index in [0.29, 0.717) is 32.8 Å². The van der Waals surface area contributed by atoms with Crippen molar-refractivity contribution in [3.8, 4) is 12.3 Å². The van der Waals surface area contributed by atoms with Crippen LogP contribution in [0, 0.1) is 12.3 Å². The van der Waals surface area contributed by atoms with E-state index in [1.165, 1.54) is 0 Å². The third-order valence-corrected chi connectivity index (χ3v) is 5.69. The third kappa shape index (κ3) is 7.02. The van der Waals surface area contributed by atoms with E-state index in [1.54, 1.807) is 0 Å². The average molecular weight is 443 g/mol. The molecule has 1 saturated heterocycles. The highest BCUT2D eigenvalue weighted by molar-refractivity contribution is 5.15. The molecular formula is C29H30O4. The van der Waals surface area contributed by atoms with E-state index in [4.69, 9.17) is 25.4 Å². The number of terminal acetylenes is 1. The van der Waals surface area contributed by atoms with Crippen LogP contribution >= 0.6 is 0 Å². The summed E-state index contributed by atoms with van der Waals surface area (Å²) in [5.74, 6) is 2.75. The van der Waals surface area contributed by atoms with E-state index in [1.807, 2.05) is 66.7 Å². The van der Waals surface area contributed by atoms with E-state index in [-0.39, 0.29) is 24.4 Å². The summed E-state index contributed by atoms with van der Waals surface area (Å²) in [7, 11) is 0. The van der Waals surface area contributed by atoms with Crippen LogP contribution in [0.5, 0.6) is 0 Å². The Kier molecular flexibility index (Phi) is 8.69.